The van der Waals surface area contributed by atoms with E-state index in [0.717, 1.165) is 68.4 Å². The van der Waals surface area contributed by atoms with Gasteiger partial charge in [0.1, 0.15) is 17.4 Å². The molecule has 0 amide bonds. The third-order valence-electron chi connectivity index (χ3n) is 7.15. The number of hydrogen-bond donors (Lipinski definition) is 3. The summed E-state index contributed by atoms with van der Waals surface area (Å²) < 4.78 is 117. The third-order valence-corrected chi connectivity index (χ3v) is 7.15. The molecule has 1 saturated heterocycles. The van der Waals surface area contributed by atoms with Crippen LogP contribution in [-0.2, 0) is 33.0 Å². The molecule has 11 nitrogen and oxygen atoms in total. The van der Waals surface area contributed by atoms with Crippen molar-refractivity contribution in [1.82, 2.24) is 19.4 Å². The summed E-state index contributed by atoms with van der Waals surface area (Å²) in [6, 6.07) is 10.8. The van der Waals surface area contributed by atoms with Crippen LogP contribution in [0.5, 0.6) is 0 Å². The number of imidazole rings is 1. The Bertz CT molecular complexity index is 1490. The summed E-state index contributed by atoms with van der Waals surface area (Å²) in [6.45, 7) is 4.73. The summed E-state index contributed by atoms with van der Waals surface area (Å²) >= 11 is 0. The minimum absolute atomic E-state index is 0.0521. The number of rotatable bonds is 3. The molecule has 1 spiro atoms. The second-order valence-electron chi connectivity index (χ2n) is 10.3. The molecule has 1 aromatic carbocycles. The number of alkyl halides is 9. The van der Waals surface area contributed by atoms with Crippen molar-refractivity contribution >= 4 is 17.9 Å². The van der Waals surface area contributed by atoms with Gasteiger partial charge in [0.15, 0.2) is 0 Å². The molecule has 0 atom stereocenters. The zero-order valence-corrected chi connectivity index (χ0v) is 25.1. The van der Waals surface area contributed by atoms with Crippen LogP contribution in [0.25, 0.3) is 11.3 Å². The number of aromatic nitrogens is 2. The van der Waals surface area contributed by atoms with Gasteiger partial charge in [-0.05, 0) is 44.2 Å². The van der Waals surface area contributed by atoms with E-state index in [1.165, 1.54) is 6.07 Å². The van der Waals surface area contributed by atoms with Crippen molar-refractivity contribution in [2.24, 2.45) is 0 Å². The van der Waals surface area contributed by atoms with Crippen LogP contribution in [0.1, 0.15) is 24.4 Å². The first-order valence-corrected chi connectivity index (χ1v) is 13.7. The van der Waals surface area contributed by atoms with Gasteiger partial charge in [-0.1, -0.05) is 12.1 Å². The molecule has 5 rings (SSSR count). The average Bonchev–Trinajstić information content (AvgIpc) is 3.66. The maximum absolute atomic E-state index is 13.7. The normalized spacial score (nSPS) is 16.1. The summed E-state index contributed by atoms with van der Waals surface area (Å²) in [5.74, 6) is -6.34. The number of nitrogens with zero attached hydrogens (tertiary/aromatic N) is 4. The van der Waals surface area contributed by atoms with E-state index in [-0.39, 0.29) is 11.4 Å². The van der Waals surface area contributed by atoms with Crippen molar-refractivity contribution in [1.29, 1.82) is 0 Å². The van der Waals surface area contributed by atoms with E-state index < -0.39 is 36.4 Å². The quantitative estimate of drug-likeness (QED) is 0.291. The Kier molecular flexibility index (Phi) is 13.4. The largest absolute Gasteiger partial charge is 0.490 e. The van der Waals surface area contributed by atoms with Gasteiger partial charge in [-0.25, -0.2) is 23.8 Å². The molecule has 0 aliphatic carbocycles. The molecule has 21 heteroatoms. The van der Waals surface area contributed by atoms with Crippen molar-refractivity contribution in [2.45, 2.75) is 50.0 Å². The van der Waals surface area contributed by atoms with Crippen LogP contribution < -0.4 is 0 Å². The Balaban J connectivity index is 0.000000325. The highest BCUT2D eigenvalue weighted by atomic mass is 19.4. The number of piperidine rings is 1. The molecule has 0 radical (unpaired) electrons. The SMILES string of the molecule is CN1CCn2c(-c3cccc(F)c3)cnc2C12CCN(Cc1ccco1)CC2.O=C(O)C(F)(F)F.O=C(O)C(F)(F)F.O=C(O)C(F)(F)F. The number of halogens is 10. The van der Waals surface area contributed by atoms with E-state index in [0.29, 0.717) is 0 Å². The summed E-state index contributed by atoms with van der Waals surface area (Å²) in [7, 11) is 2.21. The van der Waals surface area contributed by atoms with Crippen LogP contribution in [0.3, 0.4) is 0 Å². The molecule has 4 heterocycles. The first-order valence-electron chi connectivity index (χ1n) is 13.7. The van der Waals surface area contributed by atoms with Crippen LogP contribution in [-0.4, -0.2) is 97.8 Å². The Labute approximate surface area is 270 Å². The van der Waals surface area contributed by atoms with Crippen molar-refractivity contribution < 1.29 is 78.0 Å². The summed E-state index contributed by atoms with van der Waals surface area (Å²) in [4.78, 5) is 36.5. The lowest BCUT2D eigenvalue weighted by atomic mass is 9.83. The minimum Gasteiger partial charge on any atom is -0.475 e. The van der Waals surface area contributed by atoms with Gasteiger partial charge in [0.05, 0.1) is 30.2 Å². The van der Waals surface area contributed by atoms with Gasteiger partial charge in [0, 0.05) is 31.7 Å². The third kappa shape index (κ3) is 11.5. The van der Waals surface area contributed by atoms with Crippen LogP contribution in [0.2, 0.25) is 0 Å². The van der Waals surface area contributed by atoms with Crippen molar-refractivity contribution in [3.8, 4) is 11.3 Å². The number of benzene rings is 1. The van der Waals surface area contributed by atoms with Crippen molar-refractivity contribution in [3.05, 3.63) is 66.3 Å². The fraction of sp³-hybridized carbons (Fsp3) is 0.429. The summed E-state index contributed by atoms with van der Waals surface area (Å²) in [6.07, 6.45) is -9.53. The fourth-order valence-corrected chi connectivity index (χ4v) is 4.80. The highest BCUT2D eigenvalue weighted by Crippen LogP contribution is 2.41. The highest BCUT2D eigenvalue weighted by molar-refractivity contribution is 5.73. The molecule has 49 heavy (non-hydrogen) atoms. The lowest BCUT2D eigenvalue weighted by Gasteiger charge is -2.49. The second kappa shape index (κ2) is 16.2. The predicted molar refractivity (Wildman–Crippen MR) is 146 cm³/mol. The standard InChI is InChI=1S/C22H25FN4O.3C2HF3O2/c1-25-11-12-27-20(17-4-2-5-18(23)14-17)15-24-21(27)22(25)7-9-26(10-8-22)16-19-6-3-13-28-19;3*3-2(4,5)1(6)7/h2-6,13-15H,7-12,16H2,1H3;3*(H,6,7). The average molecular weight is 723 g/mol. The van der Waals surface area contributed by atoms with Crippen LogP contribution in [0, 0.1) is 5.82 Å². The molecule has 1 fully saturated rings. The van der Waals surface area contributed by atoms with Crippen LogP contribution >= 0.6 is 0 Å². The maximum Gasteiger partial charge on any atom is 0.490 e. The second-order valence-corrected chi connectivity index (χ2v) is 10.3. The van der Waals surface area contributed by atoms with E-state index in [1.54, 1.807) is 18.4 Å². The van der Waals surface area contributed by atoms with Gasteiger partial charge < -0.3 is 24.3 Å². The summed E-state index contributed by atoms with van der Waals surface area (Å²) in [5.41, 5.74) is 1.86. The van der Waals surface area contributed by atoms with E-state index >= 15 is 0 Å². The van der Waals surface area contributed by atoms with Crippen LogP contribution in [0.15, 0.2) is 53.3 Å². The Morgan fingerprint density at radius 3 is 1.76 bits per heavy atom. The first kappa shape index (κ1) is 40.5. The van der Waals surface area contributed by atoms with Gasteiger partial charge >= 0.3 is 36.4 Å². The number of hydrogen-bond acceptors (Lipinski definition) is 7. The van der Waals surface area contributed by atoms with E-state index in [1.807, 2.05) is 24.4 Å². The number of likely N-dealkylation sites (tertiary alicyclic amines) is 1. The number of likely N-dealkylation sites (N-methyl/N-ethyl adjacent to an activating group) is 1. The Morgan fingerprint density at radius 1 is 0.816 bits per heavy atom. The topological polar surface area (TPSA) is 149 Å². The fourth-order valence-electron chi connectivity index (χ4n) is 4.80. The highest BCUT2D eigenvalue weighted by Gasteiger charge is 2.46. The molecule has 272 valence electrons. The van der Waals surface area contributed by atoms with Crippen LogP contribution in [0.4, 0.5) is 43.9 Å². The molecule has 0 saturated carbocycles. The Morgan fingerprint density at radius 2 is 1.33 bits per heavy atom. The smallest absolute Gasteiger partial charge is 0.475 e. The lowest BCUT2D eigenvalue weighted by molar-refractivity contribution is -0.193. The molecule has 3 N–H and O–H groups in total. The first-order chi connectivity index (χ1) is 22.5. The Hall–Kier alpha value is -4.66. The molecule has 2 aliphatic heterocycles. The van der Waals surface area contributed by atoms with Crippen molar-refractivity contribution in [2.75, 3.05) is 26.7 Å². The van der Waals surface area contributed by atoms with Gasteiger partial charge in [0.2, 0.25) is 0 Å². The van der Waals surface area contributed by atoms with Crippen molar-refractivity contribution in [3.63, 3.8) is 0 Å². The van der Waals surface area contributed by atoms with Gasteiger partial charge in [-0.15, -0.1) is 0 Å². The van der Waals surface area contributed by atoms with E-state index in [9.17, 15) is 43.9 Å². The zero-order valence-electron chi connectivity index (χ0n) is 25.1. The zero-order chi connectivity index (χ0) is 37.4. The molecule has 0 unspecified atom stereocenters. The number of carboxylic acids is 3. The van der Waals surface area contributed by atoms with Gasteiger partial charge in [-0.2, -0.15) is 39.5 Å². The molecule has 2 aliphatic rings. The molecular weight excluding hydrogens is 694 g/mol. The van der Waals surface area contributed by atoms with Gasteiger partial charge in [0.25, 0.3) is 0 Å². The molecular formula is C28H28F10N4O7. The number of aliphatic carboxylic acids is 3. The van der Waals surface area contributed by atoms with Gasteiger partial charge in [-0.3, -0.25) is 9.80 Å². The molecule has 0 bridgehead atoms. The molecule has 2 aromatic heterocycles. The van der Waals surface area contributed by atoms with E-state index in [4.69, 9.17) is 39.1 Å². The summed E-state index contributed by atoms with van der Waals surface area (Å²) in [5, 5.41) is 21.4. The lowest BCUT2D eigenvalue weighted by Crippen LogP contribution is -2.56. The number of carboxylic acid groups (broad SMARTS) is 3. The predicted octanol–water partition coefficient (Wildman–Crippen LogP) is 5.62. The number of fused-ring (bicyclic) bond motifs is 2. The maximum atomic E-state index is 13.7. The molecule has 3 aromatic rings. The van der Waals surface area contributed by atoms with E-state index in [2.05, 4.69) is 21.4 Å². The monoisotopic (exact) mass is 722 g/mol. The minimum atomic E-state index is -5.08. The number of furan rings is 1. The number of carbonyl (C=O) groups is 3.